The van der Waals surface area contributed by atoms with Crippen LogP contribution in [0.4, 0.5) is 5.69 Å². The number of ketones is 1. The van der Waals surface area contributed by atoms with Gasteiger partial charge in [-0.2, -0.15) is 10.1 Å². The third-order valence-corrected chi connectivity index (χ3v) is 5.35. The quantitative estimate of drug-likeness (QED) is 0.436. The van der Waals surface area contributed by atoms with Gasteiger partial charge in [-0.25, -0.2) is 5.10 Å². The number of likely N-dealkylation sites (N-methyl/N-ethyl adjacent to an activating group) is 1. The molecule has 0 saturated carbocycles. The van der Waals surface area contributed by atoms with Crippen LogP contribution >= 0.6 is 11.8 Å². The van der Waals surface area contributed by atoms with Gasteiger partial charge in [0.2, 0.25) is 11.9 Å². The maximum Gasteiger partial charge on any atom is 0.238 e. The van der Waals surface area contributed by atoms with Gasteiger partial charge < -0.3 is 5.32 Å². The number of carbonyl (C=O) groups excluding carboxylic acids is 2. The van der Waals surface area contributed by atoms with Crippen molar-refractivity contribution < 1.29 is 9.59 Å². The van der Waals surface area contributed by atoms with Gasteiger partial charge >= 0.3 is 0 Å². The van der Waals surface area contributed by atoms with E-state index < -0.39 is 0 Å². The molecule has 1 aromatic carbocycles. The van der Waals surface area contributed by atoms with Crippen LogP contribution in [-0.4, -0.2) is 62.7 Å². The molecule has 0 fully saturated rings. The molecule has 3 aromatic rings. The molecule has 0 radical (unpaired) electrons. The number of amides is 1. The van der Waals surface area contributed by atoms with E-state index in [0.29, 0.717) is 11.5 Å². The van der Waals surface area contributed by atoms with E-state index in [1.165, 1.54) is 6.33 Å². The van der Waals surface area contributed by atoms with E-state index >= 15 is 0 Å². The first-order valence-electron chi connectivity index (χ1n) is 9.10. The highest BCUT2D eigenvalue weighted by molar-refractivity contribution is 7.98. The topological polar surface area (TPSA) is 95.9 Å². The van der Waals surface area contributed by atoms with Crippen LogP contribution in [0.5, 0.6) is 0 Å². The Kier molecular flexibility index (Phi) is 6.50. The number of aromatic nitrogens is 4. The maximum atomic E-state index is 12.8. The number of anilines is 1. The SMILES string of the molecule is CSc1ccccc1NC(=O)CN(C)CC(=O)c1cc(C)n(-c2ncn[nH]2)c1C. The summed E-state index contributed by atoms with van der Waals surface area (Å²) < 4.78 is 1.85. The lowest BCUT2D eigenvalue weighted by Crippen LogP contribution is -2.34. The van der Waals surface area contributed by atoms with Gasteiger partial charge in [0.15, 0.2) is 5.78 Å². The first-order chi connectivity index (χ1) is 13.9. The van der Waals surface area contributed by atoms with Crippen LogP contribution in [0.1, 0.15) is 21.7 Å². The highest BCUT2D eigenvalue weighted by Crippen LogP contribution is 2.24. The van der Waals surface area contributed by atoms with Crippen LogP contribution in [-0.2, 0) is 4.79 Å². The number of Topliss-reactive ketones (excluding diaryl/α,β-unsaturated/α-hetero) is 1. The fraction of sp³-hybridized carbons (Fsp3) is 0.300. The zero-order valence-electron chi connectivity index (χ0n) is 16.9. The first-order valence-corrected chi connectivity index (χ1v) is 10.3. The lowest BCUT2D eigenvalue weighted by molar-refractivity contribution is -0.116. The van der Waals surface area contributed by atoms with Crippen molar-refractivity contribution >= 4 is 29.1 Å². The summed E-state index contributed by atoms with van der Waals surface area (Å²) in [6.07, 6.45) is 3.39. The average Bonchev–Trinajstić information content (AvgIpc) is 3.29. The van der Waals surface area contributed by atoms with Gasteiger partial charge in [-0.1, -0.05) is 12.1 Å². The summed E-state index contributed by atoms with van der Waals surface area (Å²) in [4.78, 5) is 32.1. The van der Waals surface area contributed by atoms with Crippen molar-refractivity contribution in [3.63, 3.8) is 0 Å². The summed E-state index contributed by atoms with van der Waals surface area (Å²) >= 11 is 1.57. The van der Waals surface area contributed by atoms with Crippen LogP contribution in [0.2, 0.25) is 0 Å². The second-order valence-electron chi connectivity index (χ2n) is 6.77. The largest absolute Gasteiger partial charge is 0.324 e. The van der Waals surface area contributed by atoms with E-state index in [0.717, 1.165) is 22.0 Å². The maximum absolute atomic E-state index is 12.8. The minimum Gasteiger partial charge on any atom is -0.324 e. The van der Waals surface area contributed by atoms with Gasteiger partial charge in [-0.15, -0.1) is 11.8 Å². The number of carbonyl (C=O) groups is 2. The zero-order valence-corrected chi connectivity index (χ0v) is 17.7. The molecule has 2 heterocycles. The Morgan fingerprint density at radius 1 is 1.24 bits per heavy atom. The predicted molar refractivity (Wildman–Crippen MR) is 114 cm³/mol. The molecule has 2 N–H and O–H groups in total. The normalized spacial score (nSPS) is 11.1. The Labute approximate surface area is 173 Å². The molecule has 3 rings (SSSR count). The average molecular weight is 413 g/mol. The second kappa shape index (κ2) is 9.06. The van der Waals surface area contributed by atoms with Gasteiger partial charge in [0.25, 0.3) is 0 Å². The number of thioether (sulfide) groups is 1. The van der Waals surface area contributed by atoms with Crippen molar-refractivity contribution in [1.82, 2.24) is 24.6 Å². The van der Waals surface area contributed by atoms with Crippen LogP contribution in [0.25, 0.3) is 5.95 Å². The van der Waals surface area contributed by atoms with E-state index in [-0.39, 0.29) is 24.8 Å². The number of nitrogens with one attached hydrogen (secondary N) is 2. The molecule has 0 unspecified atom stereocenters. The fourth-order valence-electron chi connectivity index (χ4n) is 3.25. The number of nitrogens with zero attached hydrogens (tertiary/aromatic N) is 4. The third-order valence-electron chi connectivity index (χ3n) is 4.55. The number of para-hydroxylation sites is 1. The number of H-pyrrole nitrogens is 1. The summed E-state index contributed by atoms with van der Waals surface area (Å²) in [5.74, 6) is 0.358. The van der Waals surface area contributed by atoms with Crippen molar-refractivity contribution in [2.75, 3.05) is 31.7 Å². The van der Waals surface area contributed by atoms with Crippen molar-refractivity contribution in [3.8, 4) is 5.95 Å². The minimum absolute atomic E-state index is 0.0521. The van der Waals surface area contributed by atoms with E-state index in [1.807, 2.05) is 55.0 Å². The van der Waals surface area contributed by atoms with E-state index in [1.54, 1.807) is 23.7 Å². The molecule has 1 amide bonds. The second-order valence-corrected chi connectivity index (χ2v) is 7.62. The van der Waals surface area contributed by atoms with Crippen LogP contribution in [0.15, 0.2) is 41.6 Å². The van der Waals surface area contributed by atoms with Crippen molar-refractivity contribution in [1.29, 1.82) is 0 Å². The first kappa shape index (κ1) is 20.8. The molecular formula is C20H24N6O2S. The van der Waals surface area contributed by atoms with E-state index in [9.17, 15) is 9.59 Å². The molecule has 8 nitrogen and oxygen atoms in total. The van der Waals surface area contributed by atoms with Crippen LogP contribution in [0.3, 0.4) is 0 Å². The summed E-state index contributed by atoms with van der Waals surface area (Å²) in [5, 5.41) is 9.59. The Hall–Kier alpha value is -2.91. The summed E-state index contributed by atoms with van der Waals surface area (Å²) in [6.45, 7) is 4.04. The minimum atomic E-state index is -0.158. The molecule has 0 spiro atoms. The number of aromatic amines is 1. The van der Waals surface area contributed by atoms with Gasteiger partial charge in [-0.3, -0.25) is 19.1 Å². The number of hydrogen-bond acceptors (Lipinski definition) is 6. The standard InChI is InChI=1S/C20H24N6O2S/c1-13-9-15(14(2)26(13)20-21-12-22-24-20)17(27)10-25(3)11-19(28)23-16-7-5-6-8-18(16)29-4/h5-9,12H,10-11H2,1-4H3,(H,23,28)(H,21,22,24). The molecule has 2 aromatic heterocycles. The summed E-state index contributed by atoms with van der Waals surface area (Å²) in [5.41, 5.74) is 3.06. The lowest BCUT2D eigenvalue weighted by Gasteiger charge is -2.16. The smallest absolute Gasteiger partial charge is 0.238 e. The van der Waals surface area contributed by atoms with Crippen LogP contribution < -0.4 is 5.32 Å². The lowest BCUT2D eigenvalue weighted by atomic mass is 10.1. The molecule has 0 atom stereocenters. The highest BCUT2D eigenvalue weighted by atomic mass is 32.2. The molecule has 0 aliphatic heterocycles. The van der Waals surface area contributed by atoms with Gasteiger partial charge in [0, 0.05) is 21.8 Å². The molecule has 0 aliphatic rings. The van der Waals surface area contributed by atoms with Gasteiger partial charge in [0.1, 0.15) is 6.33 Å². The van der Waals surface area contributed by atoms with E-state index in [2.05, 4.69) is 20.5 Å². The molecule has 0 saturated heterocycles. The monoisotopic (exact) mass is 412 g/mol. The highest BCUT2D eigenvalue weighted by Gasteiger charge is 2.20. The molecule has 29 heavy (non-hydrogen) atoms. The number of benzene rings is 1. The zero-order chi connectivity index (χ0) is 21.0. The van der Waals surface area contributed by atoms with Crippen molar-refractivity contribution in [2.24, 2.45) is 0 Å². The number of hydrogen-bond donors (Lipinski definition) is 2. The third kappa shape index (κ3) is 4.75. The van der Waals surface area contributed by atoms with Crippen molar-refractivity contribution in [2.45, 2.75) is 18.7 Å². The molecular weight excluding hydrogens is 388 g/mol. The number of rotatable bonds is 8. The molecule has 9 heteroatoms. The number of aryl methyl sites for hydroxylation is 1. The Balaban J connectivity index is 1.64. The van der Waals surface area contributed by atoms with Gasteiger partial charge in [-0.05, 0) is 45.4 Å². The van der Waals surface area contributed by atoms with Gasteiger partial charge in [0.05, 0.1) is 18.8 Å². The van der Waals surface area contributed by atoms with Crippen molar-refractivity contribution in [3.05, 3.63) is 53.6 Å². The summed E-state index contributed by atoms with van der Waals surface area (Å²) in [7, 11) is 1.76. The molecule has 0 aliphatic carbocycles. The summed E-state index contributed by atoms with van der Waals surface area (Å²) in [6, 6.07) is 9.47. The van der Waals surface area contributed by atoms with E-state index in [4.69, 9.17) is 0 Å². The Bertz CT molecular complexity index is 1010. The predicted octanol–water partition coefficient (Wildman–Crippen LogP) is 2.69. The molecule has 0 bridgehead atoms. The fourth-order valence-corrected chi connectivity index (χ4v) is 3.80. The Morgan fingerprint density at radius 3 is 2.69 bits per heavy atom. The Morgan fingerprint density at radius 2 is 2.00 bits per heavy atom. The van der Waals surface area contributed by atoms with Crippen LogP contribution in [0, 0.1) is 13.8 Å². The molecule has 152 valence electrons.